The van der Waals surface area contributed by atoms with Gasteiger partial charge in [-0.1, -0.05) is 24.3 Å². The molecular weight excluding hydrogens is 542 g/mol. The second kappa shape index (κ2) is 17.3. The van der Waals surface area contributed by atoms with Crippen LogP contribution in [0, 0.1) is 0 Å². The number of hydrogen-bond donors (Lipinski definition) is 9. The normalized spacial score (nSPS) is 14.1. The van der Waals surface area contributed by atoms with Crippen molar-refractivity contribution in [2.24, 2.45) is 22.9 Å². The van der Waals surface area contributed by atoms with Crippen molar-refractivity contribution in [1.29, 1.82) is 0 Å². The molecule has 0 bridgehead atoms. The molecule has 1 amide bonds. The number of nitrogens with two attached hydrogens (primary N) is 4. The highest BCUT2D eigenvalue weighted by atomic mass is 16.3. The number of carbonyl (C=O) groups excluding carboxylic acids is 4. The molecule has 0 heterocycles. The van der Waals surface area contributed by atoms with Gasteiger partial charge in [-0.25, -0.2) is 0 Å². The molecule has 42 heavy (non-hydrogen) atoms. The van der Waals surface area contributed by atoms with Crippen molar-refractivity contribution in [1.82, 2.24) is 16.0 Å². The van der Waals surface area contributed by atoms with E-state index in [-0.39, 0.29) is 37.3 Å². The van der Waals surface area contributed by atoms with Crippen molar-refractivity contribution in [2.45, 2.75) is 69.5 Å². The number of rotatable bonds is 19. The van der Waals surface area contributed by atoms with Gasteiger partial charge in [-0.15, -0.1) is 0 Å². The van der Waals surface area contributed by atoms with Crippen molar-refractivity contribution in [3.05, 3.63) is 59.7 Å². The van der Waals surface area contributed by atoms with Crippen LogP contribution >= 0.6 is 0 Å². The van der Waals surface area contributed by atoms with Gasteiger partial charge in [0.05, 0.1) is 37.1 Å². The number of hydrogen-bond acceptors (Lipinski definition) is 12. The summed E-state index contributed by atoms with van der Waals surface area (Å²) >= 11 is 0. The lowest BCUT2D eigenvalue weighted by atomic mass is 9.99. The molecule has 0 unspecified atom stereocenters. The summed E-state index contributed by atoms with van der Waals surface area (Å²) in [7, 11) is 0. The van der Waals surface area contributed by atoms with Gasteiger partial charge in [0.2, 0.25) is 5.91 Å². The van der Waals surface area contributed by atoms with Crippen molar-refractivity contribution < 1.29 is 29.4 Å². The minimum atomic E-state index is -0.979. The average molecular weight is 586 g/mol. The average Bonchev–Trinajstić information content (AvgIpc) is 2.95. The van der Waals surface area contributed by atoms with Crippen LogP contribution in [0.5, 0.6) is 11.5 Å². The largest absolute Gasteiger partial charge is 0.508 e. The van der Waals surface area contributed by atoms with E-state index in [2.05, 4.69) is 16.0 Å². The number of amides is 1. The Balaban J connectivity index is 1.95. The summed E-state index contributed by atoms with van der Waals surface area (Å²) in [4.78, 5) is 51.1. The molecular formula is C29H43N7O6. The Morgan fingerprint density at radius 3 is 1.83 bits per heavy atom. The van der Waals surface area contributed by atoms with E-state index in [0.717, 1.165) is 5.56 Å². The number of nitrogens with one attached hydrogen (secondary N) is 3. The number of phenols is 2. The van der Waals surface area contributed by atoms with E-state index in [9.17, 15) is 29.4 Å². The zero-order valence-corrected chi connectivity index (χ0v) is 23.8. The molecule has 0 aliphatic rings. The van der Waals surface area contributed by atoms with Crippen LogP contribution in [0.25, 0.3) is 0 Å². The molecule has 2 rings (SSSR count). The molecule has 0 aliphatic heterocycles. The molecule has 13 nitrogen and oxygen atoms in total. The first-order valence-electron chi connectivity index (χ1n) is 13.8. The van der Waals surface area contributed by atoms with Gasteiger partial charge in [-0.2, -0.15) is 0 Å². The second-order valence-electron chi connectivity index (χ2n) is 10.3. The summed E-state index contributed by atoms with van der Waals surface area (Å²) in [5.74, 6) is -1.63. The summed E-state index contributed by atoms with van der Waals surface area (Å²) in [6.45, 7) is 1.77. The summed E-state index contributed by atoms with van der Waals surface area (Å²) in [5, 5.41) is 27.4. The first-order chi connectivity index (χ1) is 19.8. The molecule has 13 heteroatoms. The molecule has 2 aromatic carbocycles. The molecule has 4 atom stereocenters. The SMILES string of the molecule is C[C@H](NCC(=O)[C@H](Cc1ccc(O)cc1)NC(=O)[C@@H](N)Cc1ccc(O)cc1)C(=O)CC(=O)[C@@H](N)CCCNC(N)N. The number of phenolic OH excluding ortho intramolecular Hbond substituents is 2. The summed E-state index contributed by atoms with van der Waals surface area (Å²) < 4.78 is 0. The van der Waals surface area contributed by atoms with Crippen molar-refractivity contribution in [3.8, 4) is 11.5 Å². The van der Waals surface area contributed by atoms with Crippen LogP contribution in [-0.2, 0) is 32.0 Å². The molecule has 0 spiro atoms. The maximum absolute atomic E-state index is 13.2. The number of benzene rings is 2. The standard InChI is InChI=1S/C29H43N7O6/c1-17(25(39)15-26(40)22(30)3-2-12-34-29(32)33)35-16-27(41)24(14-19-6-10-21(38)11-7-19)36-28(42)23(31)13-18-4-8-20(37)9-5-18/h4-11,17,22-24,29,34-35,37-38H,2-3,12-16,30-33H2,1H3,(H,36,42)/t17-,22-,23-,24-/m0/s1. The molecule has 0 radical (unpaired) electrons. The van der Waals surface area contributed by atoms with E-state index < -0.39 is 53.7 Å². The van der Waals surface area contributed by atoms with E-state index in [1.54, 1.807) is 31.2 Å². The second-order valence-corrected chi connectivity index (χ2v) is 10.3. The summed E-state index contributed by atoms with van der Waals surface area (Å²) in [6.07, 6.45) is 0.180. The fraction of sp³-hybridized carbons (Fsp3) is 0.448. The van der Waals surface area contributed by atoms with E-state index >= 15 is 0 Å². The topological polar surface area (TPSA) is 249 Å². The van der Waals surface area contributed by atoms with Gasteiger partial charge in [-0.05, 0) is 74.5 Å². The third-order valence-electron chi connectivity index (χ3n) is 6.71. The monoisotopic (exact) mass is 585 g/mol. The smallest absolute Gasteiger partial charge is 0.237 e. The van der Waals surface area contributed by atoms with Gasteiger partial charge in [0.25, 0.3) is 0 Å². The Kier molecular flexibility index (Phi) is 14.2. The van der Waals surface area contributed by atoms with Gasteiger partial charge < -0.3 is 43.8 Å². The molecule has 0 saturated heterocycles. The predicted molar refractivity (Wildman–Crippen MR) is 158 cm³/mol. The van der Waals surface area contributed by atoms with Crippen LogP contribution in [0.15, 0.2) is 48.5 Å². The molecule has 0 fully saturated rings. The van der Waals surface area contributed by atoms with Crippen LogP contribution < -0.4 is 38.9 Å². The molecule has 0 aromatic heterocycles. The molecule has 230 valence electrons. The van der Waals surface area contributed by atoms with Crippen LogP contribution in [-0.4, -0.2) is 77.0 Å². The number of aromatic hydroxyl groups is 2. The molecule has 0 saturated carbocycles. The molecule has 13 N–H and O–H groups in total. The van der Waals surface area contributed by atoms with Gasteiger partial charge >= 0.3 is 0 Å². The number of ketones is 3. The van der Waals surface area contributed by atoms with Gasteiger partial charge in [-0.3, -0.25) is 24.5 Å². The van der Waals surface area contributed by atoms with E-state index in [1.165, 1.54) is 24.3 Å². The van der Waals surface area contributed by atoms with E-state index in [4.69, 9.17) is 22.9 Å². The Labute approximate surface area is 245 Å². The Morgan fingerprint density at radius 2 is 1.29 bits per heavy atom. The van der Waals surface area contributed by atoms with Crippen LogP contribution in [0.2, 0.25) is 0 Å². The lowest BCUT2D eigenvalue weighted by Crippen LogP contribution is -2.52. The first-order valence-corrected chi connectivity index (χ1v) is 13.8. The van der Waals surface area contributed by atoms with Crippen molar-refractivity contribution in [3.63, 3.8) is 0 Å². The zero-order valence-electron chi connectivity index (χ0n) is 23.8. The Bertz CT molecular complexity index is 1170. The summed E-state index contributed by atoms with van der Waals surface area (Å²) in [6, 6.07) is 8.92. The molecule has 2 aromatic rings. The van der Waals surface area contributed by atoms with E-state index in [0.29, 0.717) is 24.9 Å². The van der Waals surface area contributed by atoms with Gasteiger partial charge in [0, 0.05) is 0 Å². The van der Waals surface area contributed by atoms with Gasteiger partial charge in [0.15, 0.2) is 17.3 Å². The van der Waals surface area contributed by atoms with Crippen LogP contribution in [0.1, 0.15) is 37.3 Å². The number of Topliss-reactive ketones (excluding diaryl/α,β-unsaturated/α-hetero) is 3. The maximum atomic E-state index is 13.2. The fourth-order valence-corrected chi connectivity index (χ4v) is 4.07. The lowest BCUT2D eigenvalue weighted by Gasteiger charge is -2.22. The highest BCUT2D eigenvalue weighted by Gasteiger charge is 2.26. The number of carbonyl (C=O) groups is 4. The van der Waals surface area contributed by atoms with E-state index in [1.807, 2.05) is 0 Å². The summed E-state index contributed by atoms with van der Waals surface area (Å²) in [5.41, 5.74) is 24.2. The Hall–Kier alpha value is -3.72. The fourth-order valence-electron chi connectivity index (χ4n) is 4.07. The third kappa shape index (κ3) is 12.4. The minimum Gasteiger partial charge on any atom is -0.508 e. The first kappa shape index (κ1) is 34.5. The Morgan fingerprint density at radius 1 is 0.738 bits per heavy atom. The predicted octanol–water partition coefficient (Wildman–Crippen LogP) is -1.33. The zero-order chi connectivity index (χ0) is 31.2. The molecule has 0 aliphatic carbocycles. The highest BCUT2D eigenvalue weighted by Crippen LogP contribution is 2.13. The minimum absolute atomic E-state index is 0.0567. The highest BCUT2D eigenvalue weighted by molar-refractivity contribution is 6.03. The quantitative estimate of drug-likeness (QED) is 0.0528. The van der Waals surface area contributed by atoms with Crippen molar-refractivity contribution in [2.75, 3.05) is 13.1 Å². The van der Waals surface area contributed by atoms with Gasteiger partial charge in [0.1, 0.15) is 17.8 Å². The maximum Gasteiger partial charge on any atom is 0.237 e. The lowest BCUT2D eigenvalue weighted by molar-refractivity contribution is -0.129. The van der Waals surface area contributed by atoms with Crippen LogP contribution in [0.4, 0.5) is 0 Å². The van der Waals surface area contributed by atoms with Crippen LogP contribution in [0.3, 0.4) is 0 Å². The third-order valence-corrected chi connectivity index (χ3v) is 6.71. The van der Waals surface area contributed by atoms with Crippen molar-refractivity contribution >= 4 is 23.3 Å².